The number of amides is 1. The Morgan fingerprint density at radius 2 is 2.35 bits per heavy atom. The van der Waals surface area contributed by atoms with Gasteiger partial charge in [-0.1, -0.05) is 0 Å². The van der Waals surface area contributed by atoms with Crippen LogP contribution in [0.25, 0.3) is 0 Å². The Labute approximate surface area is 102 Å². The van der Waals surface area contributed by atoms with Gasteiger partial charge in [0.2, 0.25) is 5.91 Å². The Balaban J connectivity index is 1.77. The Morgan fingerprint density at radius 3 is 3.00 bits per heavy atom. The average molecular weight is 235 g/mol. The Kier molecular flexibility index (Phi) is 3.84. The molecule has 1 aromatic rings. The third-order valence-electron chi connectivity index (χ3n) is 3.25. The summed E-state index contributed by atoms with van der Waals surface area (Å²) in [7, 11) is 1.95. The topological polar surface area (TPSA) is 46.1 Å². The molecule has 17 heavy (non-hydrogen) atoms. The molecular formula is C13H21N3O. The molecule has 0 aromatic carbocycles. The Morgan fingerprint density at radius 1 is 1.59 bits per heavy atom. The van der Waals surface area contributed by atoms with Crippen LogP contribution in [0.1, 0.15) is 37.8 Å². The molecule has 1 aliphatic carbocycles. The summed E-state index contributed by atoms with van der Waals surface area (Å²) < 4.78 is 2.08. The van der Waals surface area contributed by atoms with Crippen LogP contribution in [0, 0.1) is 0 Å². The minimum atomic E-state index is 0.171. The number of aryl methyl sites for hydroxylation is 1. The number of nitrogens with zero attached hydrogens (tertiary/aromatic N) is 1. The van der Waals surface area contributed by atoms with Crippen LogP contribution in [-0.4, -0.2) is 23.6 Å². The van der Waals surface area contributed by atoms with Crippen LogP contribution in [0.5, 0.6) is 0 Å². The van der Waals surface area contributed by atoms with Crippen LogP contribution in [0.2, 0.25) is 0 Å². The fraction of sp³-hybridized carbons (Fsp3) is 0.615. The monoisotopic (exact) mass is 235 g/mol. The van der Waals surface area contributed by atoms with Crippen molar-refractivity contribution in [3.63, 3.8) is 0 Å². The first-order chi connectivity index (χ1) is 8.19. The zero-order valence-electron chi connectivity index (χ0n) is 10.6. The van der Waals surface area contributed by atoms with Crippen LogP contribution in [-0.2, 0) is 11.3 Å². The normalized spacial score (nSPS) is 16.8. The summed E-state index contributed by atoms with van der Waals surface area (Å²) in [6.07, 6.45) is 7.01. The van der Waals surface area contributed by atoms with E-state index in [1.807, 2.05) is 13.2 Å². The zero-order valence-corrected chi connectivity index (χ0v) is 10.6. The predicted octanol–water partition coefficient (Wildman–Crippen LogP) is 1.44. The van der Waals surface area contributed by atoms with Gasteiger partial charge in [0.05, 0.1) is 0 Å². The molecule has 1 heterocycles. The largest absolute Gasteiger partial charge is 0.353 e. The highest BCUT2D eigenvalue weighted by atomic mass is 16.1. The summed E-state index contributed by atoms with van der Waals surface area (Å²) in [4.78, 5) is 11.5. The predicted molar refractivity (Wildman–Crippen MR) is 67.7 cm³/mol. The molecule has 4 nitrogen and oxygen atoms in total. The molecule has 94 valence electrons. The molecule has 0 aliphatic heterocycles. The second-order valence-electron chi connectivity index (χ2n) is 4.78. The second-order valence-corrected chi connectivity index (χ2v) is 4.78. The van der Waals surface area contributed by atoms with Crippen molar-refractivity contribution >= 4 is 5.91 Å². The van der Waals surface area contributed by atoms with Gasteiger partial charge in [-0.25, -0.2) is 0 Å². The summed E-state index contributed by atoms with van der Waals surface area (Å²) >= 11 is 0. The quantitative estimate of drug-likeness (QED) is 0.783. The number of nitrogens with one attached hydrogen (secondary N) is 2. The van der Waals surface area contributed by atoms with E-state index in [4.69, 9.17) is 0 Å². The van der Waals surface area contributed by atoms with E-state index in [9.17, 15) is 4.79 Å². The van der Waals surface area contributed by atoms with Gasteiger partial charge in [-0.15, -0.1) is 0 Å². The minimum Gasteiger partial charge on any atom is -0.353 e. The number of rotatable bonds is 6. The third-order valence-corrected chi connectivity index (χ3v) is 3.25. The Hall–Kier alpha value is -1.29. The molecule has 0 saturated heterocycles. The van der Waals surface area contributed by atoms with E-state index in [2.05, 4.69) is 34.4 Å². The first-order valence-electron chi connectivity index (χ1n) is 6.31. The van der Waals surface area contributed by atoms with E-state index in [0.29, 0.717) is 18.5 Å². The van der Waals surface area contributed by atoms with Gasteiger partial charge in [0, 0.05) is 37.4 Å². The molecule has 1 aromatic heterocycles. The fourth-order valence-corrected chi connectivity index (χ4v) is 1.78. The summed E-state index contributed by atoms with van der Waals surface area (Å²) in [6, 6.07) is 2.92. The van der Waals surface area contributed by atoms with Gasteiger partial charge in [-0.3, -0.25) is 4.79 Å². The van der Waals surface area contributed by atoms with E-state index < -0.39 is 0 Å². The average Bonchev–Trinajstić information content (AvgIpc) is 3.00. The Bertz CT molecular complexity index is 382. The standard InChI is InChI=1S/C13H21N3O/c1-10(14-2)11-5-7-16(9-11)8-6-13(17)15-12-3-4-12/h5,7,9-10,12,14H,3-4,6,8H2,1-2H3,(H,15,17). The smallest absolute Gasteiger partial charge is 0.222 e. The van der Waals surface area contributed by atoms with Crippen molar-refractivity contribution < 1.29 is 4.79 Å². The summed E-state index contributed by atoms with van der Waals surface area (Å²) in [5, 5.41) is 6.20. The van der Waals surface area contributed by atoms with Crippen LogP contribution in [0.3, 0.4) is 0 Å². The van der Waals surface area contributed by atoms with Crippen LogP contribution in [0.4, 0.5) is 0 Å². The van der Waals surface area contributed by atoms with Crippen molar-refractivity contribution in [2.45, 2.75) is 44.8 Å². The molecule has 1 atom stereocenters. The first-order valence-corrected chi connectivity index (χ1v) is 6.31. The fourth-order valence-electron chi connectivity index (χ4n) is 1.78. The number of aromatic nitrogens is 1. The first kappa shape index (κ1) is 12.2. The molecule has 0 spiro atoms. The highest BCUT2D eigenvalue weighted by Crippen LogP contribution is 2.18. The molecule has 0 bridgehead atoms. The van der Waals surface area contributed by atoms with E-state index in [1.165, 1.54) is 5.56 Å². The van der Waals surface area contributed by atoms with Crippen molar-refractivity contribution in [3.05, 3.63) is 24.0 Å². The molecule has 0 radical (unpaired) electrons. The van der Waals surface area contributed by atoms with E-state index in [0.717, 1.165) is 19.4 Å². The molecular weight excluding hydrogens is 214 g/mol. The number of carbonyl (C=O) groups excluding carboxylic acids is 1. The van der Waals surface area contributed by atoms with Crippen molar-refractivity contribution in [3.8, 4) is 0 Å². The van der Waals surface area contributed by atoms with E-state index in [-0.39, 0.29) is 5.91 Å². The number of hydrogen-bond donors (Lipinski definition) is 2. The molecule has 4 heteroatoms. The maximum absolute atomic E-state index is 11.5. The zero-order chi connectivity index (χ0) is 12.3. The second kappa shape index (κ2) is 5.36. The highest BCUT2D eigenvalue weighted by molar-refractivity contribution is 5.76. The van der Waals surface area contributed by atoms with E-state index in [1.54, 1.807) is 0 Å². The molecule has 1 amide bonds. The lowest BCUT2D eigenvalue weighted by molar-refractivity contribution is -0.121. The van der Waals surface area contributed by atoms with Gasteiger partial charge < -0.3 is 15.2 Å². The highest BCUT2D eigenvalue weighted by Gasteiger charge is 2.22. The molecule has 2 rings (SSSR count). The number of hydrogen-bond acceptors (Lipinski definition) is 2. The summed E-state index contributed by atoms with van der Waals surface area (Å²) in [5.74, 6) is 0.171. The van der Waals surface area contributed by atoms with Crippen LogP contribution < -0.4 is 10.6 Å². The van der Waals surface area contributed by atoms with Crippen LogP contribution in [0.15, 0.2) is 18.5 Å². The van der Waals surface area contributed by atoms with Crippen molar-refractivity contribution in [2.24, 2.45) is 0 Å². The number of carbonyl (C=O) groups is 1. The molecule has 1 aliphatic rings. The van der Waals surface area contributed by atoms with Crippen molar-refractivity contribution in [2.75, 3.05) is 7.05 Å². The molecule has 1 fully saturated rings. The van der Waals surface area contributed by atoms with Gasteiger partial charge in [0.15, 0.2) is 0 Å². The van der Waals surface area contributed by atoms with Gasteiger partial charge in [-0.05, 0) is 38.4 Å². The minimum absolute atomic E-state index is 0.171. The SMILES string of the molecule is CNC(C)c1ccn(CCC(=O)NC2CC2)c1. The van der Waals surface area contributed by atoms with Crippen molar-refractivity contribution in [1.29, 1.82) is 0 Å². The lowest BCUT2D eigenvalue weighted by atomic mass is 10.2. The lowest BCUT2D eigenvalue weighted by Gasteiger charge is -2.07. The van der Waals surface area contributed by atoms with Gasteiger partial charge in [-0.2, -0.15) is 0 Å². The maximum Gasteiger partial charge on any atom is 0.222 e. The molecule has 1 unspecified atom stereocenters. The third kappa shape index (κ3) is 3.60. The summed E-state index contributed by atoms with van der Waals surface area (Å²) in [5.41, 5.74) is 1.26. The van der Waals surface area contributed by atoms with Crippen molar-refractivity contribution in [1.82, 2.24) is 15.2 Å². The molecule has 1 saturated carbocycles. The maximum atomic E-state index is 11.5. The molecule has 2 N–H and O–H groups in total. The van der Waals surface area contributed by atoms with Gasteiger partial charge in [0.1, 0.15) is 0 Å². The van der Waals surface area contributed by atoms with E-state index >= 15 is 0 Å². The van der Waals surface area contributed by atoms with Crippen LogP contribution >= 0.6 is 0 Å². The lowest BCUT2D eigenvalue weighted by Crippen LogP contribution is -2.26. The van der Waals surface area contributed by atoms with Gasteiger partial charge >= 0.3 is 0 Å². The van der Waals surface area contributed by atoms with Gasteiger partial charge in [0.25, 0.3) is 0 Å². The summed E-state index contributed by atoms with van der Waals surface area (Å²) in [6.45, 7) is 2.88.